The van der Waals surface area contributed by atoms with Crippen LogP contribution in [0.5, 0.6) is 0 Å². The van der Waals surface area contributed by atoms with Crippen molar-refractivity contribution in [1.29, 1.82) is 0 Å². The van der Waals surface area contributed by atoms with Crippen molar-refractivity contribution < 1.29 is 9.90 Å². The zero-order valence-corrected chi connectivity index (χ0v) is 15.4. The molecule has 1 aliphatic rings. The van der Waals surface area contributed by atoms with E-state index in [0.717, 1.165) is 12.8 Å². The highest BCUT2D eigenvalue weighted by molar-refractivity contribution is 5.64. The van der Waals surface area contributed by atoms with E-state index in [2.05, 4.69) is 43.4 Å². The minimum Gasteiger partial charge on any atom is -0.465 e. The number of aryl methyl sites for hydroxylation is 2. The lowest BCUT2D eigenvalue weighted by Gasteiger charge is -2.20. The Morgan fingerprint density at radius 2 is 1.78 bits per heavy atom. The molecule has 1 aromatic carbocycles. The molecule has 0 bridgehead atoms. The third kappa shape index (κ3) is 10.8. The standard InChI is InChI=1S/C11H16.C7H13NO2.C2H6/c1-3-4-8-11-9-6-5-7-10(11)2;9-7(10)8-6-4-2-1-3-5-6;1-2/h5-7,9H,3-4,8H2,1-2H3;6,8H,1-5H2,(H,9,10);1-2H3. The highest BCUT2D eigenvalue weighted by atomic mass is 16.4. The molecule has 1 amide bonds. The fourth-order valence-corrected chi connectivity index (χ4v) is 2.68. The van der Waals surface area contributed by atoms with E-state index in [4.69, 9.17) is 5.11 Å². The van der Waals surface area contributed by atoms with Crippen molar-refractivity contribution in [1.82, 2.24) is 5.32 Å². The average molecular weight is 322 g/mol. The first-order valence-electron chi connectivity index (χ1n) is 9.17. The largest absolute Gasteiger partial charge is 0.465 e. The lowest BCUT2D eigenvalue weighted by molar-refractivity contribution is 0.186. The summed E-state index contributed by atoms with van der Waals surface area (Å²) in [7, 11) is 0. The number of rotatable bonds is 4. The second-order valence-corrected chi connectivity index (χ2v) is 5.81. The van der Waals surface area contributed by atoms with Crippen LogP contribution in [0, 0.1) is 6.92 Å². The van der Waals surface area contributed by atoms with E-state index in [0.29, 0.717) is 0 Å². The topological polar surface area (TPSA) is 49.3 Å². The molecule has 0 spiro atoms. The molecule has 0 aromatic heterocycles. The summed E-state index contributed by atoms with van der Waals surface area (Å²) < 4.78 is 0. The molecule has 0 atom stereocenters. The van der Waals surface area contributed by atoms with Crippen LogP contribution in [0.1, 0.15) is 76.8 Å². The van der Waals surface area contributed by atoms with Crippen LogP contribution in [-0.4, -0.2) is 17.2 Å². The van der Waals surface area contributed by atoms with Crippen molar-refractivity contribution in [3.8, 4) is 0 Å². The summed E-state index contributed by atoms with van der Waals surface area (Å²) in [4.78, 5) is 10.2. The molecule has 0 saturated heterocycles. The summed E-state index contributed by atoms with van der Waals surface area (Å²) in [6.07, 6.45) is 8.60. The van der Waals surface area contributed by atoms with E-state index in [1.165, 1.54) is 49.7 Å². The average Bonchev–Trinajstić information content (AvgIpc) is 2.57. The summed E-state index contributed by atoms with van der Waals surface area (Å²) in [5.41, 5.74) is 2.94. The molecule has 0 aliphatic heterocycles. The van der Waals surface area contributed by atoms with Gasteiger partial charge in [0.1, 0.15) is 0 Å². The Hall–Kier alpha value is -1.51. The zero-order chi connectivity index (χ0) is 17.5. The van der Waals surface area contributed by atoms with Crippen LogP contribution >= 0.6 is 0 Å². The van der Waals surface area contributed by atoms with Gasteiger partial charge < -0.3 is 10.4 Å². The van der Waals surface area contributed by atoms with E-state index in [1.807, 2.05) is 13.8 Å². The van der Waals surface area contributed by atoms with Crippen molar-refractivity contribution in [2.24, 2.45) is 0 Å². The van der Waals surface area contributed by atoms with Gasteiger partial charge in [-0.05, 0) is 43.7 Å². The minimum atomic E-state index is -0.882. The smallest absolute Gasteiger partial charge is 0.404 e. The van der Waals surface area contributed by atoms with Crippen LogP contribution in [0.4, 0.5) is 4.79 Å². The van der Waals surface area contributed by atoms with Gasteiger partial charge in [-0.25, -0.2) is 4.79 Å². The number of unbranched alkanes of at least 4 members (excludes halogenated alkanes) is 1. The Kier molecular flexibility index (Phi) is 13.2. The number of benzene rings is 1. The minimum absolute atomic E-state index is 0.228. The fourth-order valence-electron chi connectivity index (χ4n) is 2.68. The number of hydrogen-bond acceptors (Lipinski definition) is 1. The molecule has 0 radical (unpaired) electrons. The molecule has 23 heavy (non-hydrogen) atoms. The fraction of sp³-hybridized carbons (Fsp3) is 0.650. The van der Waals surface area contributed by atoms with Gasteiger partial charge in [-0.15, -0.1) is 0 Å². The van der Waals surface area contributed by atoms with Gasteiger partial charge in [0.25, 0.3) is 0 Å². The maximum absolute atomic E-state index is 10.2. The van der Waals surface area contributed by atoms with Crippen molar-refractivity contribution in [3.05, 3.63) is 35.4 Å². The summed E-state index contributed by atoms with van der Waals surface area (Å²) in [5, 5.41) is 10.9. The van der Waals surface area contributed by atoms with Gasteiger partial charge in [0.2, 0.25) is 0 Å². The summed E-state index contributed by atoms with van der Waals surface area (Å²) in [5.74, 6) is 0. The van der Waals surface area contributed by atoms with Crippen molar-refractivity contribution >= 4 is 6.09 Å². The van der Waals surface area contributed by atoms with Gasteiger partial charge in [-0.3, -0.25) is 0 Å². The van der Waals surface area contributed by atoms with E-state index in [9.17, 15) is 4.79 Å². The zero-order valence-electron chi connectivity index (χ0n) is 15.4. The Morgan fingerprint density at radius 3 is 2.30 bits per heavy atom. The maximum atomic E-state index is 10.2. The second-order valence-electron chi connectivity index (χ2n) is 5.81. The van der Waals surface area contributed by atoms with E-state index < -0.39 is 6.09 Å². The number of nitrogens with one attached hydrogen (secondary N) is 1. The highest BCUT2D eigenvalue weighted by Crippen LogP contribution is 2.16. The first-order valence-corrected chi connectivity index (χ1v) is 9.17. The van der Waals surface area contributed by atoms with E-state index in [-0.39, 0.29) is 6.04 Å². The highest BCUT2D eigenvalue weighted by Gasteiger charge is 2.14. The summed E-state index contributed by atoms with van der Waals surface area (Å²) in [6, 6.07) is 8.87. The quantitative estimate of drug-likeness (QED) is 0.719. The van der Waals surface area contributed by atoms with Crippen molar-refractivity contribution in [2.45, 2.75) is 85.1 Å². The van der Waals surface area contributed by atoms with E-state index in [1.54, 1.807) is 0 Å². The van der Waals surface area contributed by atoms with Crippen LogP contribution in [0.2, 0.25) is 0 Å². The van der Waals surface area contributed by atoms with Gasteiger partial charge >= 0.3 is 6.09 Å². The molecule has 3 nitrogen and oxygen atoms in total. The van der Waals surface area contributed by atoms with Crippen molar-refractivity contribution in [2.75, 3.05) is 0 Å². The lowest BCUT2D eigenvalue weighted by atomic mass is 9.96. The van der Waals surface area contributed by atoms with Crippen molar-refractivity contribution in [3.63, 3.8) is 0 Å². The van der Waals surface area contributed by atoms with E-state index >= 15 is 0 Å². The van der Waals surface area contributed by atoms with Gasteiger partial charge in [-0.1, -0.05) is 70.7 Å². The van der Waals surface area contributed by atoms with Crippen LogP contribution in [0.15, 0.2) is 24.3 Å². The first-order chi connectivity index (χ1) is 11.1. The Labute approximate surface area is 142 Å². The van der Waals surface area contributed by atoms with Gasteiger partial charge in [0.15, 0.2) is 0 Å². The summed E-state index contributed by atoms with van der Waals surface area (Å²) >= 11 is 0. The molecular weight excluding hydrogens is 286 g/mol. The van der Waals surface area contributed by atoms with Crippen LogP contribution < -0.4 is 5.32 Å². The number of hydrogen-bond donors (Lipinski definition) is 2. The third-order valence-corrected chi connectivity index (χ3v) is 3.99. The monoisotopic (exact) mass is 321 g/mol. The number of carboxylic acid groups (broad SMARTS) is 1. The molecule has 132 valence electrons. The van der Waals surface area contributed by atoms with Crippen LogP contribution in [0.25, 0.3) is 0 Å². The lowest BCUT2D eigenvalue weighted by Crippen LogP contribution is -2.34. The molecule has 3 heteroatoms. The van der Waals surface area contributed by atoms with Gasteiger partial charge in [0.05, 0.1) is 0 Å². The first kappa shape index (κ1) is 21.5. The van der Waals surface area contributed by atoms with Gasteiger partial charge in [-0.2, -0.15) is 0 Å². The normalized spacial score (nSPS) is 13.9. The van der Waals surface area contributed by atoms with Crippen LogP contribution in [-0.2, 0) is 6.42 Å². The molecule has 1 aromatic rings. The Balaban J connectivity index is 0.000000381. The molecule has 0 heterocycles. The molecule has 0 unspecified atom stereocenters. The Bertz CT molecular complexity index is 412. The predicted molar refractivity (Wildman–Crippen MR) is 99.2 cm³/mol. The second kappa shape index (κ2) is 14.1. The molecule has 2 rings (SSSR count). The SMILES string of the molecule is CC.CCCCc1ccccc1C.O=C(O)NC1CCCCC1. The summed E-state index contributed by atoms with van der Waals surface area (Å²) in [6.45, 7) is 8.42. The molecule has 1 aliphatic carbocycles. The predicted octanol–water partition coefficient (Wildman–Crippen LogP) is 5.95. The molecule has 1 saturated carbocycles. The maximum Gasteiger partial charge on any atom is 0.404 e. The molecular formula is C20H35NO2. The number of amides is 1. The van der Waals surface area contributed by atoms with Gasteiger partial charge in [0, 0.05) is 6.04 Å². The molecule has 1 fully saturated rings. The number of carbonyl (C=O) groups is 1. The Morgan fingerprint density at radius 1 is 1.17 bits per heavy atom. The van der Waals surface area contributed by atoms with Crippen LogP contribution in [0.3, 0.4) is 0 Å². The molecule has 2 N–H and O–H groups in total. The third-order valence-electron chi connectivity index (χ3n) is 3.99.